The summed E-state index contributed by atoms with van der Waals surface area (Å²) in [7, 11) is 1.29. The van der Waals surface area contributed by atoms with Crippen molar-refractivity contribution in [3.8, 4) is 0 Å². The Bertz CT molecular complexity index is 337. The lowest BCUT2D eigenvalue weighted by Gasteiger charge is -2.09. The lowest BCUT2D eigenvalue weighted by Crippen LogP contribution is -2.36. The van der Waals surface area contributed by atoms with Crippen molar-refractivity contribution in [3.05, 3.63) is 16.9 Å². The average molecular weight is 218 g/mol. The van der Waals surface area contributed by atoms with E-state index in [0.29, 0.717) is 5.15 Å². The average Bonchev–Trinajstić information content (AvgIpc) is 2.48. The van der Waals surface area contributed by atoms with E-state index >= 15 is 0 Å². The van der Waals surface area contributed by atoms with E-state index in [1.54, 1.807) is 6.20 Å². The van der Waals surface area contributed by atoms with Gasteiger partial charge in [0.2, 0.25) is 0 Å². The molecule has 0 spiro atoms. The Morgan fingerprint density at radius 1 is 1.86 bits per heavy atom. The topological polar surface area (TPSA) is 70.1 Å². The van der Waals surface area contributed by atoms with Gasteiger partial charge in [0.05, 0.1) is 19.9 Å². The van der Waals surface area contributed by atoms with Crippen LogP contribution in [0.25, 0.3) is 0 Å². The van der Waals surface area contributed by atoms with E-state index in [4.69, 9.17) is 17.3 Å². The minimum Gasteiger partial charge on any atom is -0.468 e. The summed E-state index contributed by atoms with van der Waals surface area (Å²) < 4.78 is 5.95. The first kappa shape index (κ1) is 11.0. The summed E-state index contributed by atoms with van der Waals surface area (Å²) in [6, 6.07) is -0.739. The Labute approximate surface area is 86.8 Å². The third-order valence-corrected chi connectivity index (χ3v) is 2.31. The quantitative estimate of drug-likeness (QED) is 0.742. The number of carbonyl (C=O) groups excluding carboxylic acids is 1. The van der Waals surface area contributed by atoms with Crippen molar-refractivity contribution in [2.75, 3.05) is 7.11 Å². The lowest BCUT2D eigenvalue weighted by molar-refractivity contribution is -0.142. The normalized spacial score (nSPS) is 12.6. The Balaban J connectivity index is 2.69. The first-order valence-corrected chi connectivity index (χ1v) is 4.45. The molecule has 0 fully saturated rings. The molecule has 0 amide bonds. The minimum atomic E-state index is -0.739. The van der Waals surface area contributed by atoms with Gasteiger partial charge in [0.15, 0.2) is 0 Å². The van der Waals surface area contributed by atoms with Gasteiger partial charge in [-0.2, -0.15) is 5.10 Å². The Hall–Kier alpha value is -1.07. The number of halogens is 1. The highest BCUT2D eigenvalue weighted by molar-refractivity contribution is 6.30. The van der Waals surface area contributed by atoms with E-state index in [1.165, 1.54) is 11.8 Å². The van der Waals surface area contributed by atoms with Crippen LogP contribution in [0, 0.1) is 6.92 Å². The van der Waals surface area contributed by atoms with Gasteiger partial charge in [-0.1, -0.05) is 11.6 Å². The van der Waals surface area contributed by atoms with Gasteiger partial charge in [0.1, 0.15) is 11.2 Å². The van der Waals surface area contributed by atoms with Gasteiger partial charge in [0, 0.05) is 5.56 Å². The van der Waals surface area contributed by atoms with Crippen LogP contribution < -0.4 is 5.73 Å². The van der Waals surface area contributed by atoms with Crippen LogP contribution in [0.15, 0.2) is 6.20 Å². The van der Waals surface area contributed by atoms with E-state index < -0.39 is 12.0 Å². The SMILES string of the molecule is COC(=O)C(N)Cn1ncc(C)c1Cl. The maximum Gasteiger partial charge on any atom is 0.324 e. The zero-order chi connectivity index (χ0) is 10.7. The molecule has 1 atom stereocenters. The van der Waals surface area contributed by atoms with Crippen LogP contribution in [0.5, 0.6) is 0 Å². The van der Waals surface area contributed by atoms with Gasteiger partial charge in [-0.15, -0.1) is 0 Å². The number of hydrogen-bond donors (Lipinski definition) is 1. The van der Waals surface area contributed by atoms with Crippen molar-refractivity contribution in [1.29, 1.82) is 0 Å². The monoisotopic (exact) mass is 217 g/mol. The number of esters is 1. The van der Waals surface area contributed by atoms with Gasteiger partial charge in [-0.05, 0) is 6.92 Å². The summed E-state index contributed by atoms with van der Waals surface area (Å²) in [5, 5.41) is 4.46. The van der Waals surface area contributed by atoms with Crippen molar-refractivity contribution in [2.24, 2.45) is 5.73 Å². The summed E-state index contributed by atoms with van der Waals surface area (Å²) in [4.78, 5) is 11.0. The molecule has 0 saturated carbocycles. The molecule has 1 heterocycles. The maximum absolute atomic E-state index is 11.0. The molecule has 1 aromatic heterocycles. The number of aromatic nitrogens is 2. The van der Waals surface area contributed by atoms with Gasteiger partial charge in [0.25, 0.3) is 0 Å². The van der Waals surface area contributed by atoms with Crippen LogP contribution >= 0.6 is 11.6 Å². The standard InChI is InChI=1S/C8H12ClN3O2/c1-5-3-11-12(7(5)9)4-6(10)8(13)14-2/h3,6H,4,10H2,1-2H3. The third kappa shape index (κ3) is 2.24. The number of nitrogens with two attached hydrogens (primary N) is 1. The molecule has 0 aliphatic heterocycles. The van der Waals surface area contributed by atoms with Crippen molar-refractivity contribution in [3.63, 3.8) is 0 Å². The molecule has 2 N–H and O–H groups in total. The summed E-state index contributed by atoms with van der Waals surface area (Å²) in [6.45, 7) is 2.05. The van der Waals surface area contributed by atoms with Gasteiger partial charge in [-0.25, -0.2) is 0 Å². The third-order valence-electron chi connectivity index (χ3n) is 1.82. The predicted octanol–water partition coefficient (Wildman–Crippen LogP) is 0.345. The van der Waals surface area contributed by atoms with E-state index in [0.717, 1.165) is 5.56 Å². The van der Waals surface area contributed by atoms with Gasteiger partial charge < -0.3 is 10.5 Å². The first-order chi connectivity index (χ1) is 6.56. The highest BCUT2D eigenvalue weighted by Crippen LogP contribution is 2.13. The Kier molecular flexibility index (Phi) is 3.49. The van der Waals surface area contributed by atoms with Crippen LogP contribution in [0.1, 0.15) is 5.56 Å². The number of ether oxygens (including phenoxy) is 1. The fourth-order valence-electron chi connectivity index (χ4n) is 1.00. The summed E-state index contributed by atoms with van der Waals surface area (Å²) in [5.41, 5.74) is 6.39. The molecule has 0 bridgehead atoms. The first-order valence-electron chi connectivity index (χ1n) is 4.07. The summed E-state index contributed by atoms with van der Waals surface area (Å²) >= 11 is 5.89. The molecular formula is C8H12ClN3O2. The van der Waals surface area contributed by atoms with Crippen LogP contribution in [-0.2, 0) is 16.1 Å². The second-order valence-corrected chi connectivity index (χ2v) is 3.29. The fraction of sp³-hybridized carbons (Fsp3) is 0.500. The fourth-order valence-corrected chi connectivity index (χ4v) is 1.16. The van der Waals surface area contributed by atoms with Crippen LogP contribution in [0.3, 0.4) is 0 Å². The van der Waals surface area contributed by atoms with Gasteiger partial charge >= 0.3 is 5.97 Å². The predicted molar refractivity (Wildman–Crippen MR) is 52.0 cm³/mol. The molecule has 0 saturated heterocycles. The summed E-state index contributed by atoms with van der Waals surface area (Å²) in [5.74, 6) is -0.478. The number of hydrogen-bond acceptors (Lipinski definition) is 4. The molecule has 5 nitrogen and oxygen atoms in total. The Morgan fingerprint density at radius 2 is 2.50 bits per heavy atom. The number of methoxy groups -OCH3 is 1. The molecule has 6 heteroatoms. The number of rotatable bonds is 3. The van der Waals surface area contributed by atoms with Crippen molar-refractivity contribution >= 4 is 17.6 Å². The van der Waals surface area contributed by atoms with E-state index in [2.05, 4.69) is 9.84 Å². The van der Waals surface area contributed by atoms with E-state index in [1.807, 2.05) is 6.92 Å². The molecule has 0 aliphatic rings. The highest BCUT2D eigenvalue weighted by atomic mass is 35.5. The molecule has 1 rings (SSSR count). The molecule has 1 aromatic rings. The Morgan fingerprint density at radius 3 is 2.93 bits per heavy atom. The van der Waals surface area contributed by atoms with Crippen LogP contribution in [0.4, 0.5) is 0 Å². The summed E-state index contributed by atoms with van der Waals surface area (Å²) in [6.07, 6.45) is 1.62. The van der Waals surface area contributed by atoms with E-state index in [-0.39, 0.29) is 6.54 Å². The molecular weight excluding hydrogens is 206 g/mol. The molecule has 0 aliphatic carbocycles. The smallest absolute Gasteiger partial charge is 0.324 e. The van der Waals surface area contributed by atoms with Crippen LogP contribution in [-0.4, -0.2) is 28.9 Å². The second-order valence-electron chi connectivity index (χ2n) is 2.93. The van der Waals surface area contributed by atoms with E-state index in [9.17, 15) is 4.79 Å². The number of nitrogens with zero attached hydrogens (tertiary/aromatic N) is 2. The maximum atomic E-state index is 11.0. The zero-order valence-corrected chi connectivity index (χ0v) is 8.78. The van der Waals surface area contributed by atoms with Crippen molar-refractivity contribution < 1.29 is 9.53 Å². The molecule has 0 aromatic carbocycles. The molecule has 78 valence electrons. The van der Waals surface area contributed by atoms with Crippen molar-refractivity contribution in [2.45, 2.75) is 19.5 Å². The molecule has 1 unspecified atom stereocenters. The van der Waals surface area contributed by atoms with Crippen molar-refractivity contribution in [1.82, 2.24) is 9.78 Å². The van der Waals surface area contributed by atoms with Crippen LogP contribution in [0.2, 0.25) is 5.15 Å². The highest BCUT2D eigenvalue weighted by Gasteiger charge is 2.16. The minimum absolute atomic E-state index is 0.222. The number of aryl methyl sites for hydroxylation is 1. The zero-order valence-electron chi connectivity index (χ0n) is 8.03. The lowest BCUT2D eigenvalue weighted by atomic mass is 10.3. The van der Waals surface area contributed by atoms with Gasteiger partial charge in [-0.3, -0.25) is 9.48 Å². The molecule has 0 radical (unpaired) electrons. The molecule has 14 heavy (non-hydrogen) atoms. The largest absolute Gasteiger partial charge is 0.468 e. The number of carbonyl (C=O) groups is 1. The second kappa shape index (κ2) is 4.43.